The van der Waals surface area contributed by atoms with Gasteiger partial charge in [0, 0.05) is 42.9 Å². The van der Waals surface area contributed by atoms with Gasteiger partial charge in [-0.05, 0) is 80.3 Å². The number of hydrazone groups is 1. The quantitative estimate of drug-likeness (QED) is 0.584. The summed E-state index contributed by atoms with van der Waals surface area (Å²) in [5, 5.41) is 6.93. The third-order valence-corrected chi connectivity index (χ3v) is 6.80. The molecule has 3 aliphatic heterocycles. The number of piperazine rings is 1. The number of nitrogens with zero attached hydrogens (tertiary/aromatic N) is 4. The van der Waals surface area contributed by atoms with E-state index in [1.807, 2.05) is 52.4 Å². The first-order valence-corrected chi connectivity index (χ1v) is 12.6. The number of rotatable bonds is 2. The van der Waals surface area contributed by atoms with Crippen molar-refractivity contribution in [2.45, 2.75) is 20.3 Å². The molecule has 1 saturated heterocycles. The van der Waals surface area contributed by atoms with Crippen molar-refractivity contribution in [1.29, 1.82) is 0 Å². The number of amides is 1. The fourth-order valence-corrected chi connectivity index (χ4v) is 4.58. The van der Waals surface area contributed by atoms with Crippen LogP contribution in [0.1, 0.15) is 40.4 Å². The summed E-state index contributed by atoms with van der Waals surface area (Å²) in [7, 11) is 2.09. The Morgan fingerprint density at radius 2 is 1.78 bits per heavy atom. The predicted octanol–water partition coefficient (Wildman–Crippen LogP) is 4.82. The molecule has 0 aliphatic carbocycles. The average Bonchev–Trinajstić information content (AvgIpc) is 3.05. The van der Waals surface area contributed by atoms with Crippen LogP contribution in [0.4, 0.5) is 0 Å². The number of likely N-dealkylation sites (N-methyl/N-ethyl adjacent to an activating group) is 1. The zero-order chi connectivity index (χ0) is 25.1. The largest absolute Gasteiger partial charge is 0.336 e. The van der Waals surface area contributed by atoms with Crippen molar-refractivity contribution in [2.75, 3.05) is 33.2 Å². The summed E-state index contributed by atoms with van der Waals surface area (Å²) in [6.45, 7) is 7.65. The van der Waals surface area contributed by atoms with Crippen molar-refractivity contribution in [3.8, 4) is 11.8 Å². The Morgan fingerprint density at radius 1 is 1.00 bits per heavy atom. The van der Waals surface area contributed by atoms with Gasteiger partial charge in [-0.1, -0.05) is 43.2 Å². The van der Waals surface area contributed by atoms with Crippen LogP contribution in [-0.2, 0) is 0 Å². The van der Waals surface area contributed by atoms with Gasteiger partial charge >= 0.3 is 0 Å². The highest BCUT2D eigenvalue weighted by Crippen LogP contribution is 2.27. The molecule has 36 heavy (non-hydrogen) atoms. The number of hydrogen-bond donors (Lipinski definition) is 0. The lowest BCUT2D eigenvalue weighted by Gasteiger charge is -2.32. The molecular formula is C31H32N4O. The second-order valence-corrected chi connectivity index (χ2v) is 9.82. The lowest BCUT2D eigenvalue weighted by molar-refractivity contribution is 0.0664. The van der Waals surface area contributed by atoms with Crippen molar-refractivity contribution in [3.63, 3.8) is 0 Å². The molecule has 1 fully saturated rings. The van der Waals surface area contributed by atoms with Gasteiger partial charge in [0.15, 0.2) is 0 Å². The van der Waals surface area contributed by atoms with Gasteiger partial charge in [-0.15, -0.1) is 0 Å². The number of hydrogen-bond acceptors (Lipinski definition) is 4. The van der Waals surface area contributed by atoms with Crippen LogP contribution in [0.2, 0.25) is 0 Å². The fraction of sp³-hybridized carbons (Fsp3) is 0.290. The molecule has 182 valence electrons. The Bertz CT molecular complexity index is 1330. The summed E-state index contributed by atoms with van der Waals surface area (Å²) in [6, 6.07) is 16.1. The molecule has 3 heterocycles. The van der Waals surface area contributed by atoms with E-state index in [1.54, 1.807) is 0 Å². The maximum atomic E-state index is 12.9. The third-order valence-electron chi connectivity index (χ3n) is 6.80. The number of benzene rings is 2. The number of allylic oxidation sites excluding steroid dienone is 5. The normalized spacial score (nSPS) is 19.9. The molecule has 3 aliphatic rings. The summed E-state index contributed by atoms with van der Waals surface area (Å²) in [5.74, 6) is 7.16. The van der Waals surface area contributed by atoms with Gasteiger partial charge < -0.3 is 9.80 Å². The van der Waals surface area contributed by atoms with Gasteiger partial charge in [-0.25, -0.2) is 5.01 Å². The van der Waals surface area contributed by atoms with E-state index in [2.05, 4.69) is 68.0 Å². The van der Waals surface area contributed by atoms with Crippen LogP contribution in [0.25, 0.3) is 0 Å². The minimum atomic E-state index is 0.0964. The van der Waals surface area contributed by atoms with Crippen LogP contribution in [0, 0.1) is 24.7 Å². The van der Waals surface area contributed by atoms with Crippen molar-refractivity contribution in [1.82, 2.24) is 14.8 Å². The standard InChI is InChI=1S/C31H32N4O/c1-23-5-4-6-25(21-23)8-14-29-22-24(2)7-13-28-15-16-30(32-35(28)29)26-9-11-27(12-10-26)31(36)34-19-17-33(3)18-20-34/h4-6,9-13,15-16,21-22,24H,7,17-20H2,1-3H3. The lowest BCUT2D eigenvalue weighted by Crippen LogP contribution is -2.47. The molecule has 5 rings (SSSR count). The van der Waals surface area contributed by atoms with E-state index in [-0.39, 0.29) is 5.91 Å². The van der Waals surface area contributed by atoms with Crippen molar-refractivity contribution in [2.24, 2.45) is 11.0 Å². The number of carbonyl (C=O) groups is 1. The summed E-state index contributed by atoms with van der Waals surface area (Å²) >= 11 is 0. The van der Waals surface area contributed by atoms with E-state index < -0.39 is 0 Å². The first-order chi connectivity index (χ1) is 17.5. The molecule has 1 atom stereocenters. The molecule has 0 spiro atoms. The SMILES string of the molecule is Cc1cccc(C#CC2=CC(C)CC=C3C=CC(c4ccc(C(=O)N5CCN(C)CC5)cc4)=NN23)c1. The monoisotopic (exact) mass is 476 g/mol. The number of aryl methyl sites for hydroxylation is 1. The third kappa shape index (κ3) is 5.35. The molecule has 2 aromatic rings. The zero-order valence-electron chi connectivity index (χ0n) is 21.2. The minimum absolute atomic E-state index is 0.0964. The molecule has 2 aromatic carbocycles. The van der Waals surface area contributed by atoms with Gasteiger partial charge in [-0.2, -0.15) is 5.10 Å². The van der Waals surface area contributed by atoms with E-state index in [0.29, 0.717) is 5.92 Å². The van der Waals surface area contributed by atoms with Crippen LogP contribution in [0.5, 0.6) is 0 Å². The summed E-state index contributed by atoms with van der Waals surface area (Å²) < 4.78 is 0. The van der Waals surface area contributed by atoms with Crippen LogP contribution < -0.4 is 0 Å². The molecule has 0 saturated carbocycles. The second kappa shape index (κ2) is 10.4. The highest BCUT2D eigenvalue weighted by atomic mass is 16.2. The van der Waals surface area contributed by atoms with Crippen molar-refractivity contribution >= 4 is 11.6 Å². The van der Waals surface area contributed by atoms with E-state index in [0.717, 1.165) is 66.4 Å². The maximum absolute atomic E-state index is 12.9. The van der Waals surface area contributed by atoms with E-state index in [4.69, 9.17) is 5.10 Å². The van der Waals surface area contributed by atoms with Crippen molar-refractivity contribution in [3.05, 3.63) is 106 Å². The summed E-state index contributed by atoms with van der Waals surface area (Å²) in [5.41, 5.74) is 6.66. The smallest absolute Gasteiger partial charge is 0.253 e. The van der Waals surface area contributed by atoms with E-state index in [9.17, 15) is 4.79 Å². The fourth-order valence-electron chi connectivity index (χ4n) is 4.58. The van der Waals surface area contributed by atoms with E-state index >= 15 is 0 Å². The van der Waals surface area contributed by atoms with Crippen LogP contribution >= 0.6 is 0 Å². The predicted molar refractivity (Wildman–Crippen MR) is 145 cm³/mol. The molecule has 0 N–H and O–H groups in total. The van der Waals surface area contributed by atoms with Crippen LogP contribution in [0.15, 0.2) is 89.3 Å². The molecular weight excluding hydrogens is 444 g/mol. The first kappa shape index (κ1) is 23.8. The first-order valence-electron chi connectivity index (χ1n) is 12.6. The van der Waals surface area contributed by atoms with Crippen LogP contribution in [0.3, 0.4) is 0 Å². The number of fused-ring (bicyclic) bond motifs is 1. The number of carbonyl (C=O) groups excluding carboxylic acids is 1. The Balaban J connectivity index is 1.39. The Morgan fingerprint density at radius 3 is 2.53 bits per heavy atom. The lowest BCUT2D eigenvalue weighted by atomic mass is 10.0. The molecule has 5 heteroatoms. The molecule has 1 unspecified atom stereocenters. The zero-order valence-corrected chi connectivity index (χ0v) is 21.2. The Labute approximate surface area is 214 Å². The minimum Gasteiger partial charge on any atom is -0.336 e. The van der Waals surface area contributed by atoms with Gasteiger partial charge in [-0.3, -0.25) is 4.79 Å². The molecule has 0 radical (unpaired) electrons. The molecule has 1 amide bonds. The Kier molecular flexibility index (Phi) is 6.88. The van der Waals surface area contributed by atoms with Gasteiger partial charge in [0.25, 0.3) is 5.91 Å². The molecule has 5 nitrogen and oxygen atoms in total. The van der Waals surface area contributed by atoms with E-state index in [1.165, 1.54) is 5.56 Å². The van der Waals surface area contributed by atoms with Gasteiger partial charge in [0.1, 0.15) is 5.70 Å². The van der Waals surface area contributed by atoms with Gasteiger partial charge in [0.2, 0.25) is 0 Å². The Hall–Kier alpha value is -3.88. The topological polar surface area (TPSA) is 39.2 Å². The van der Waals surface area contributed by atoms with Crippen LogP contribution in [-0.4, -0.2) is 59.7 Å². The summed E-state index contributed by atoms with van der Waals surface area (Å²) in [6.07, 6.45) is 9.51. The highest BCUT2D eigenvalue weighted by Gasteiger charge is 2.22. The molecule has 0 aromatic heterocycles. The molecule has 0 bridgehead atoms. The maximum Gasteiger partial charge on any atom is 0.253 e. The highest BCUT2D eigenvalue weighted by molar-refractivity contribution is 6.10. The average molecular weight is 477 g/mol. The van der Waals surface area contributed by atoms with Gasteiger partial charge in [0.05, 0.1) is 11.4 Å². The second-order valence-electron chi connectivity index (χ2n) is 9.82. The summed E-state index contributed by atoms with van der Waals surface area (Å²) in [4.78, 5) is 17.1. The van der Waals surface area contributed by atoms with Crippen molar-refractivity contribution < 1.29 is 4.79 Å².